The van der Waals surface area contributed by atoms with Gasteiger partial charge in [0.15, 0.2) is 0 Å². The molecule has 2 bridgehead atoms. The smallest absolute Gasteiger partial charge is 0.303 e. The molecule has 1 aromatic carbocycles. The lowest BCUT2D eigenvalue weighted by Gasteiger charge is -2.26. The quantitative estimate of drug-likeness (QED) is 0.361. The average Bonchev–Trinajstić information content (AvgIpc) is 3.24. The summed E-state index contributed by atoms with van der Waals surface area (Å²) >= 11 is 0. The molecule has 2 aliphatic heterocycles. The fraction of sp³-hybridized carbons (Fsp3) is 0.571. The van der Waals surface area contributed by atoms with Gasteiger partial charge in [-0.3, -0.25) is 8.98 Å². The zero-order valence-electron chi connectivity index (χ0n) is 16.1. The van der Waals surface area contributed by atoms with E-state index in [1.807, 2.05) is 13.0 Å². The van der Waals surface area contributed by atoms with Crippen LogP contribution in [-0.4, -0.2) is 38.3 Å². The molecule has 0 spiro atoms. The molecule has 1 N–H and O–H groups in total. The number of hydrogen-bond acceptors (Lipinski definition) is 5. The number of ether oxygens (including phenoxy) is 1. The number of carbonyl (C=O) groups is 1. The van der Waals surface area contributed by atoms with Gasteiger partial charge >= 0.3 is 5.97 Å². The van der Waals surface area contributed by atoms with Crippen LogP contribution in [0.25, 0.3) is 0 Å². The van der Waals surface area contributed by atoms with Crippen LogP contribution in [0.4, 0.5) is 0 Å². The molecule has 2 saturated heterocycles. The first-order valence-corrected chi connectivity index (χ1v) is 11.3. The van der Waals surface area contributed by atoms with Gasteiger partial charge in [-0.1, -0.05) is 29.8 Å². The predicted octanol–water partition coefficient (Wildman–Crippen LogP) is 3.70. The van der Waals surface area contributed by atoms with Crippen molar-refractivity contribution >= 4 is 16.1 Å². The van der Waals surface area contributed by atoms with Crippen LogP contribution in [0.3, 0.4) is 0 Å². The van der Waals surface area contributed by atoms with Gasteiger partial charge in [0, 0.05) is 12.3 Å². The van der Waals surface area contributed by atoms with Gasteiger partial charge in [-0.25, -0.2) is 0 Å². The molecule has 154 valence electrons. The molecule has 0 aliphatic carbocycles. The highest BCUT2D eigenvalue weighted by atomic mass is 32.2. The summed E-state index contributed by atoms with van der Waals surface area (Å²) in [6.45, 7) is 2.04. The Morgan fingerprint density at radius 1 is 1.18 bits per heavy atom. The standard InChI is InChI=1S/C21H28O6S/c1-15-8-10-16(11-9-15)28(24,25)26-14-18-17(19-12-13-20(18)27-19)6-4-2-3-5-7-21(22)23/h2,4,8-11,17-20H,3,5-7,12-14H2,1H3,(H,22,23)/t17-,18-,19-,20+/m1/s1. The van der Waals surface area contributed by atoms with Crippen LogP contribution in [-0.2, 0) is 23.8 Å². The Balaban J connectivity index is 1.55. The van der Waals surface area contributed by atoms with Crippen LogP contribution in [0.15, 0.2) is 41.3 Å². The maximum atomic E-state index is 12.5. The molecule has 2 aliphatic rings. The minimum Gasteiger partial charge on any atom is -0.481 e. The lowest BCUT2D eigenvalue weighted by molar-refractivity contribution is -0.137. The van der Waals surface area contributed by atoms with Crippen molar-refractivity contribution in [2.75, 3.05) is 6.61 Å². The number of benzene rings is 1. The number of carboxylic acids is 1. The summed E-state index contributed by atoms with van der Waals surface area (Å²) in [5, 5.41) is 8.67. The summed E-state index contributed by atoms with van der Waals surface area (Å²) in [6.07, 6.45) is 8.58. The second-order valence-corrected chi connectivity index (χ2v) is 9.28. The SMILES string of the molecule is Cc1ccc(S(=O)(=O)OC[C@@H]2[C@@H](CC=CCCCC(=O)O)[C@H]3CC[C@@H]2O3)cc1. The maximum Gasteiger partial charge on any atom is 0.303 e. The molecule has 3 rings (SSSR count). The van der Waals surface area contributed by atoms with Crippen molar-refractivity contribution in [1.29, 1.82) is 0 Å². The van der Waals surface area contributed by atoms with Crippen molar-refractivity contribution in [2.24, 2.45) is 11.8 Å². The Labute approximate surface area is 166 Å². The van der Waals surface area contributed by atoms with Gasteiger partial charge in [-0.2, -0.15) is 8.42 Å². The molecular formula is C21H28O6S. The topological polar surface area (TPSA) is 89.9 Å². The van der Waals surface area contributed by atoms with Crippen molar-refractivity contribution in [3.8, 4) is 0 Å². The van der Waals surface area contributed by atoms with Gasteiger partial charge in [0.25, 0.3) is 10.1 Å². The van der Waals surface area contributed by atoms with Crippen molar-refractivity contribution in [3.63, 3.8) is 0 Å². The van der Waals surface area contributed by atoms with Crippen molar-refractivity contribution < 1.29 is 27.2 Å². The highest BCUT2D eigenvalue weighted by Crippen LogP contribution is 2.45. The third-order valence-electron chi connectivity index (χ3n) is 5.65. The van der Waals surface area contributed by atoms with Gasteiger partial charge in [0.05, 0.1) is 23.7 Å². The Morgan fingerprint density at radius 2 is 1.86 bits per heavy atom. The van der Waals surface area contributed by atoms with E-state index in [1.54, 1.807) is 24.3 Å². The largest absolute Gasteiger partial charge is 0.481 e. The minimum absolute atomic E-state index is 0.0580. The Morgan fingerprint density at radius 3 is 2.54 bits per heavy atom. The molecule has 7 heteroatoms. The van der Waals surface area contributed by atoms with E-state index in [1.165, 1.54) is 0 Å². The highest BCUT2D eigenvalue weighted by molar-refractivity contribution is 7.86. The fourth-order valence-corrected chi connectivity index (χ4v) is 5.05. The molecule has 4 atom stereocenters. The summed E-state index contributed by atoms with van der Waals surface area (Å²) in [5.41, 5.74) is 0.996. The summed E-state index contributed by atoms with van der Waals surface area (Å²) in [7, 11) is -3.77. The highest BCUT2D eigenvalue weighted by Gasteiger charge is 2.48. The van der Waals surface area contributed by atoms with E-state index in [4.69, 9.17) is 14.0 Å². The lowest BCUT2D eigenvalue weighted by atomic mass is 9.78. The van der Waals surface area contributed by atoms with Crippen molar-refractivity contribution in [3.05, 3.63) is 42.0 Å². The number of unbranched alkanes of at least 4 members (excludes halogenated alkanes) is 1. The Hall–Kier alpha value is -1.70. The summed E-state index contributed by atoms with van der Waals surface area (Å²) in [6, 6.07) is 6.66. The van der Waals surface area contributed by atoms with E-state index in [9.17, 15) is 13.2 Å². The molecule has 0 aromatic heterocycles. The normalized spacial score (nSPS) is 26.9. The first-order valence-electron chi connectivity index (χ1n) is 9.85. The van der Waals surface area contributed by atoms with Crippen LogP contribution in [0.1, 0.15) is 44.1 Å². The molecule has 0 saturated carbocycles. The van der Waals surface area contributed by atoms with Gasteiger partial charge in [-0.05, 0) is 57.1 Å². The second kappa shape index (κ2) is 9.20. The molecular weight excluding hydrogens is 380 g/mol. The first kappa shape index (κ1) is 21.0. The van der Waals surface area contributed by atoms with Gasteiger partial charge in [0.1, 0.15) is 0 Å². The third kappa shape index (κ3) is 5.21. The van der Waals surface area contributed by atoms with E-state index in [-0.39, 0.29) is 42.0 Å². The van der Waals surface area contributed by atoms with E-state index in [0.717, 1.165) is 31.2 Å². The Bertz CT molecular complexity index is 799. The van der Waals surface area contributed by atoms with Crippen molar-refractivity contribution in [1.82, 2.24) is 0 Å². The second-order valence-electron chi connectivity index (χ2n) is 7.66. The number of fused-ring (bicyclic) bond motifs is 2. The molecule has 0 unspecified atom stereocenters. The molecule has 0 radical (unpaired) electrons. The molecule has 6 nitrogen and oxygen atoms in total. The van der Waals surface area contributed by atoms with Crippen LogP contribution in [0.5, 0.6) is 0 Å². The van der Waals surface area contributed by atoms with Crippen molar-refractivity contribution in [2.45, 2.75) is 62.6 Å². The maximum absolute atomic E-state index is 12.5. The fourth-order valence-electron chi connectivity index (χ4n) is 4.11. The molecule has 2 fully saturated rings. The van der Waals surface area contributed by atoms with Gasteiger partial charge < -0.3 is 9.84 Å². The van der Waals surface area contributed by atoms with Gasteiger partial charge in [-0.15, -0.1) is 0 Å². The molecule has 0 amide bonds. The third-order valence-corrected chi connectivity index (χ3v) is 6.95. The average molecular weight is 409 g/mol. The lowest BCUT2D eigenvalue weighted by Crippen LogP contribution is -2.31. The summed E-state index contributed by atoms with van der Waals surface area (Å²) in [5.74, 6) is -0.479. The number of rotatable bonds is 10. The van der Waals surface area contributed by atoms with E-state index < -0.39 is 16.1 Å². The number of aryl methyl sites for hydroxylation is 1. The van der Waals surface area contributed by atoms with E-state index >= 15 is 0 Å². The van der Waals surface area contributed by atoms with Crippen LogP contribution in [0, 0.1) is 18.8 Å². The summed E-state index contributed by atoms with van der Waals surface area (Å²) < 4.78 is 36.4. The summed E-state index contributed by atoms with van der Waals surface area (Å²) in [4.78, 5) is 10.7. The van der Waals surface area contributed by atoms with E-state index in [2.05, 4.69) is 6.08 Å². The zero-order valence-corrected chi connectivity index (χ0v) is 16.9. The van der Waals surface area contributed by atoms with Gasteiger partial charge in [0.2, 0.25) is 0 Å². The number of aliphatic carboxylic acids is 1. The first-order chi connectivity index (χ1) is 13.4. The van der Waals surface area contributed by atoms with Crippen LogP contribution in [0.2, 0.25) is 0 Å². The number of carboxylic acid groups (broad SMARTS) is 1. The van der Waals surface area contributed by atoms with E-state index in [0.29, 0.717) is 6.42 Å². The predicted molar refractivity (Wildman–Crippen MR) is 104 cm³/mol. The van der Waals surface area contributed by atoms with Crippen LogP contribution < -0.4 is 0 Å². The molecule has 2 heterocycles. The Kier molecular flexibility index (Phi) is 6.91. The molecule has 1 aromatic rings. The molecule has 28 heavy (non-hydrogen) atoms. The monoisotopic (exact) mass is 408 g/mol. The number of hydrogen-bond donors (Lipinski definition) is 1. The number of allylic oxidation sites excluding steroid dienone is 2. The zero-order chi connectivity index (χ0) is 20.1. The van der Waals surface area contributed by atoms with Crippen LogP contribution >= 0.6 is 0 Å². The minimum atomic E-state index is -3.77.